The number of benzene rings is 1. The molecule has 0 saturated heterocycles. The van der Waals surface area contributed by atoms with Crippen molar-refractivity contribution in [2.45, 2.75) is 31.9 Å². The smallest absolute Gasteiger partial charge is 0.394 e. The van der Waals surface area contributed by atoms with Crippen LogP contribution >= 0.6 is 11.6 Å². The SMILES string of the molecule is CC(F)(F)Oc1ccc(-c2noc([C@H](CC(=O)O)NC(=O)C3C=CC(Cl)=CC3)n2)cc1. The number of rotatable bonds is 8. The Kier molecular flexibility index (Phi) is 6.69. The Bertz CT molecular complexity index is 1010. The van der Waals surface area contributed by atoms with E-state index in [2.05, 4.69) is 20.2 Å². The van der Waals surface area contributed by atoms with E-state index in [1.165, 1.54) is 24.3 Å². The standard InChI is InChI=1S/C20H18ClF2N3O5/c1-20(22,23)30-14-8-4-11(5-9-14)17-25-19(31-26-17)15(10-16(27)28)24-18(29)12-2-6-13(21)7-3-12/h2,4-9,12,15H,3,10H2,1H3,(H,24,29)(H,27,28)/t12?,15-/m0/s1. The van der Waals surface area contributed by atoms with Gasteiger partial charge in [0, 0.05) is 17.5 Å². The fourth-order valence-corrected chi connectivity index (χ4v) is 2.98. The van der Waals surface area contributed by atoms with Gasteiger partial charge in [-0.2, -0.15) is 13.8 Å². The quantitative estimate of drug-likeness (QED) is 0.619. The van der Waals surface area contributed by atoms with Gasteiger partial charge >= 0.3 is 12.1 Å². The van der Waals surface area contributed by atoms with Gasteiger partial charge in [-0.25, -0.2) is 0 Å². The molecule has 1 unspecified atom stereocenters. The van der Waals surface area contributed by atoms with E-state index in [0.717, 1.165) is 0 Å². The average Bonchev–Trinajstić information content (AvgIpc) is 3.17. The van der Waals surface area contributed by atoms with E-state index >= 15 is 0 Å². The molecule has 0 aliphatic heterocycles. The molecule has 1 aliphatic carbocycles. The van der Waals surface area contributed by atoms with Crippen LogP contribution in [0.15, 0.2) is 52.0 Å². The second kappa shape index (κ2) is 9.25. The monoisotopic (exact) mass is 453 g/mol. The molecule has 0 fully saturated rings. The van der Waals surface area contributed by atoms with Gasteiger partial charge in [-0.3, -0.25) is 9.59 Å². The minimum atomic E-state index is -3.32. The number of allylic oxidation sites excluding steroid dienone is 3. The molecule has 8 nitrogen and oxygen atoms in total. The molecule has 31 heavy (non-hydrogen) atoms. The molecule has 0 radical (unpaired) electrons. The number of ether oxygens (including phenoxy) is 1. The van der Waals surface area contributed by atoms with Crippen molar-refractivity contribution in [2.24, 2.45) is 5.92 Å². The summed E-state index contributed by atoms with van der Waals surface area (Å²) >= 11 is 5.85. The van der Waals surface area contributed by atoms with Crippen molar-refractivity contribution in [3.63, 3.8) is 0 Å². The molecule has 0 spiro atoms. The second-order valence-electron chi connectivity index (χ2n) is 6.84. The van der Waals surface area contributed by atoms with Crippen LogP contribution in [-0.2, 0) is 9.59 Å². The summed E-state index contributed by atoms with van der Waals surface area (Å²) < 4.78 is 35.5. The van der Waals surface area contributed by atoms with Crippen LogP contribution in [-0.4, -0.2) is 33.2 Å². The molecule has 164 valence electrons. The summed E-state index contributed by atoms with van der Waals surface area (Å²) in [6, 6.07) is 4.47. The molecule has 3 rings (SSSR count). The van der Waals surface area contributed by atoms with Crippen molar-refractivity contribution >= 4 is 23.5 Å². The maximum Gasteiger partial charge on any atom is 0.394 e. The minimum absolute atomic E-state index is 0.0503. The first kappa shape index (κ1) is 22.4. The molecule has 2 N–H and O–H groups in total. The Labute approximate surface area is 180 Å². The second-order valence-corrected chi connectivity index (χ2v) is 7.28. The van der Waals surface area contributed by atoms with Crippen molar-refractivity contribution in [2.75, 3.05) is 0 Å². The highest BCUT2D eigenvalue weighted by Gasteiger charge is 2.28. The number of nitrogens with one attached hydrogen (secondary N) is 1. The number of alkyl halides is 2. The van der Waals surface area contributed by atoms with Crippen LogP contribution in [0.2, 0.25) is 0 Å². The third kappa shape index (κ3) is 6.35. The fraction of sp³-hybridized carbons (Fsp3) is 0.300. The van der Waals surface area contributed by atoms with E-state index in [1.807, 2.05) is 0 Å². The summed E-state index contributed by atoms with van der Waals surface area (Å²) in [6.07, 6.45) is 1.48. The number of carbonyl (C=O) groups excluding carboxylic acids is 1. The fourth-order valence-electron chi connectivity index (χ4n) is 2.82. The van der Waals surface area contributed by atoms with Crippen LogP contribution in [0.1, 0.15) is 31.7 Å². The number of carboxylic acid groups (broad SMARTS) is 1. The Morgan fingerprint density at radius 1 is 1.39 bits per heavy atom. The Morgan fingerprint density at radius 3 is 2.68 bits per heavy atom. The number of hydrogen-bond donors (Lipinski definition) is 2. The molecule has 1 aromatic heterocycles. The lowest BCUT2D eigenvalue weighted by Gasteiger charge is -2.18. The van der Waals surface area contributed by atoms with Gasteiger partial charge in [0.2, 0.25) is 17.6 Å². The number of halogens is 3. The number of aliphatic carboxylic acids is 1. The van der Waals surface area contributed by atoms with Crippen molar-refractivity contribution in [1.29, 1.82) is 0 Å². The molecule has 11 heteroatoms. The van der Waals surface area contributed by atoms with E-state index in [0.29, 0.717) is 23.9 Å². The van der Waals surface area contributed by atoms with Crippen molar-refractivity contribution < 1.29 is 32.7 Å². The molecular formula is C20H18ClF2N3O5. The highest BCUT2D eigenvalue weighted by molar-refractivity contribution is 6.31. The van der Waals surface area contributed by atoms with Crippen LogP contribution in [0.4, 0.5) is 8.78 Å². The lowest BCUT2D eigenvalue weighted by molar-refractivity contribution is -0.159. The van der Waals surface area contributed by atoms with Gasteiger partial charge in [-0.1, -0.05) is 28.9 Å². The minimum Gasteiger partial charge on any atom is -0.481 e. The topological polar surface area (TPSA) is 115 Å². The normalized spacial score (nSPS) is 17.0. The van der Waals surface area contributed by atoms with Crippen LogP contribution in [0.5, 0.6) is 5.75 Å². The molecule has 0 saturated carbocycles. The van der Waals surface area contributed by atoms with Gasteiger partial charge in [0.1, 0.15) is 11.8 Å². The number of hydrogen-bond acceptors (Lipinski definition) is 6. The Hall–Kier alpha value is -3.27. The molecule has 1 heterocycles. The third-order valence-electron chi connectivity index (χ3n) is 4.24. The summed E-state index contributed by atoms with van der Waals surface area (Å²) in [4.78, 5) is 27.9. The van der Waals surface area contributed by atoms with Crippen LogP contribution < -0.4 is 10.1 Å². The largest absolute Gasteiger partial charge is 0.481 e. The maximum absolute atomic E-state index is 12.9. The predicted octanol–water partition coefficient (Wildman–Crippen LogP) is 4.06. The summed E-state index contributed by atoms with van der Waals surface area (Å²) in [5, 5.41) is 16.1. The lowest BCUT2D eigenvalue weighted by atomic mass is 9.99. The van der Waals surface area contributed by atoms with Crippen molar-refractivity contribution in [1.82, 2.24) is 15.5 Å². The van der Waals surface area contributed by atoms with Gasteiger partial charge < -0.3 is 19.7 Å². The summed E-state index contributed by atoms with van der Waals surface area (Å²) in [6.45, 7) is 0.622. The third-order valence-corrected chi connectivity index (χ3v) is 4.52. The molecule has 1 aliphatic rings. The molecular weight excluding hydrogens is 436 g/mol. The molecule has 1 amide bonds. The molecule has 0 bridgehead atoms. The Morgan fingerprint density at radius 2 is 2.10 bits per heavy atom. The number of amides is 1. The first-order chi connectivity index (χ1) is 14.6. The summed E-state index contributed by atoms with van der Waals surface area (Å²) in [7, 11) is 0. The van der Waals surface area contributed by atoms with Gasteiger partial charge in [-0.15, -0.1) is 0 Å². The van der Waals surface area contributed by atoms with Crippen molar-refractivity contribution in [3.8, 4) is 17.1 Å². The molecule has 2 atom stereocenters. The highest BCUT2D eigenvalue weighted by Crippen LogP contribution is 2.26. The van der Waals surface area contributed by atoms with E-state index in [1.54, 1.807) is 18.2 Å². The Balaban J connectivity index is 1.74. The average molecular weight is 454 g/mol. The zero-order chi connectivity index (χ0) is 22.6. The predicted molar refractivity (Wildman–Crippen MR) is 105 cm³/mol. The first-order valence-corrected chi connectivity index (χ1v) is 9.55. The molecule has 1 aromatic carbocycles. The van der Waals surface area contributed by atoms with E-state index in [4.69, 9.17) is 16.1 Å². The van der Waals surface area contributed by atoms with Gasteiger partial charge in [0.15, 0.2) is 0 Å². The number of carbonyl (C=O) groups is 2. The van der Waals surface area contributed by atoms with Crippen molar-refractivity contribution in [3.05, 3.63) is 53.4 Å². The number of aromatic nitrogens is 2. The van der Waals surface area contributed by atoms with Crippen LogP contribution in [0.3, 0.4) is 0 Å². The zero-order valence-corrected chi connectivity index (χ0v) is 17.0. The zero-order valence-electron chi connectivity index (χ0n) is 16.2. The summed E-state index contributed by atoms with van der Waals surface area (Å²) in [5.41, 5.74) is 0.428. The molecule has 2 aromatic rings. The van der Waals surface area contributed by atoms with E-state index in [9.17, 15) is 23.5 Å². The highest BCUT2D eigenvalue weighted by atomic mass is 35.5. The van der Waals surface area contributed by atoms with Crippen LogP contribution in [0, 0.1) is 5.92 Å². The summed E-state index contributed by atoms with van der Waals surface area (Å²) in [5.74, 6) is -2.14. The van der Waals surface area contributed by atoms with Gasteiger partial charge in [0.25, 0.3) is 0 Å². The first-order valence-electron chi connectivity index (χ1n) is 9.17. The maximum atomic E-state index is 12.9. The number of carboxylic acids is 1. The van der Waals surface area contributed by atoms with Crippen LogP contribution in [0.25, 0.3) is 11.4 Å². The van der Waals surface area contributed by atoms with Gasteiger partial charge in [-0.05, 0) is 36.8 Å². The van der Waals surface area contributed by atoms with E-state index in [-0.39, 0.29) is 17.5 Å². The number of nitrogens with zero attached hydrogens (tertiary/aromatic N) is 2. The van der Waals surface area contributed by atoms with E-state index < -0.39 is 36.4 Å². The lowest BCUT2D eigenvalue weighted by Crippen LogP contribution is -2.35. The van der Waals surface area contributed by atoms with Gasteiger partial charge in [0.05, 0.1) is 12.3 Å².